The molecular formula is C23H40O. The summed E-state index contributed by atoms with van der Waals surface area (Å²) in [6, 6.07) is 0. The summed E-state index contributed by atoms with van der Waals surface area (Å²) in [6.07, 6.45) is 22.4. The molecule has 0 aliphatic rings. The minimum atomic E-state index is 0.278. The first kappa shape index (κ1) is 22.9. The summed E-state index contributed by atoms with van der Waals surface area (Å²) >= 11 is 0. The Morgan fingerprint density at radius 2 is 1.29 bits per heavy atom. The topological polar surface area (TPSA) is 17.1 Å². The Morgan fingerprint density at radius 3 is 1.83 bits per heavy atom. The maximum absolute atomic E-state index is 10.9. The Kier molecular flexibility index (Phi) is 11.7. The standard InChI is InChI=1S/C23H40O/c1-21(24)17-13-9-12-16-20-23(5,6)19-15-11-8-7-10-14-18-22(2,3)4/h7-8,14-15,18-19H,9-13,16-17,20H2,1-6H3/b8-7-,18-14-,19-15-. The smallest absolute Gasteiger partial charge is 0.129 e. The van der Waals surface area contributed by atoms with Crippen LogP contribution in [0.5, 0.6) is 0 Å². The molecule has 0 aromatic rings. The van der Waals surface area contributed by atoms with Crippen LogP contribution in [0.2, 0.25) is 0 Å². The van der Waals surface area contributed by atoms with Crippen LogP contribution in [0.3, 0.4) is 0 Å². The molecule has 0 spiro atoms. The van der Waals surface area contributed by atoms with E-state index in [0.717, 1.165) is 25.7 Å². The molecule has 0 aliphatic heterocycles. The summed E-state index contributed by atoms with van der Waals surface area (Å²) in [5, 5.41) is 0. The van der Waals surface area contributed by atoms with E-state index >= 15 is 0 Å². The van der Waals surface area contributed by atoms with E-state index in [2.05, 4.69) is 71.1 Å². The van der Waals surface area contributed by atoms with Crippen molar-refractivity contribution in [1.82, 2.24) is 0 Å². The van der Waals surface area contributed by atoms with Crippen molar-refractivity contribution in [3.8, 4) is 0 Å². The number of rotatable bonds is 12. The van der Waals surface area contributed by atoms with Crippen LogP contribution in [-0.2, 0) is 4.79 Å². The summed E-state index contributed by atoms with van der Waals surface area (Å²) in [5.41, 5.74) is 0.560. The van der Waals surface area contributed by atoms with Gasteiger partial charge in [-0.25, -0.2) is 0 Å². The molecule has 1 nitrogen and oxygen atoms in total. The molecule has 0 bridgehead atoms. The van der Waals surface area contributed by atoms with Gasteiger partial charge in [-0.1, -0.05) is 90.3 Å². The Balaban J connectivity index is 3.82. The molecule has 24 heavy (non-hydrogen) atoms. The van der Waals surface area contributed by atoms with Crippen LogP contribution in [0.1, 0.15) is 92.9 Å². The first-order chi connectivity index (χ1) is 11.1. The van der Waals surface area contributed by atoms with Crippen LogP contribution < -0.4 is 0 Å². The summed E-state index contributed by atoms with van der Waals surface area (Å²) in [7, 11) is 0. The number of carbonyl (C=O) groups excluding carboxylic acids is 1. The summed E-state index contributed by atoms with van der Waals surface area (Å²) in [4.78, 5) is 10.9. The second-order valence-electron chi connectivity index (χ2n) is 8.72. The molecule has 0 unspecified atom stereocenters. The van der Waals surface area contributed by atoms with Crippen molar-refractivity contribution in [2.24, 2.45) is 10.8 Å². The van der Waals surface area contributed by atoms with Crippen molar-refractivity contribution in [2.45, 2.75) is 92.9 Å². The average molecular weight is 333 g/mol. The first-order valence-electron chi connectivity index (χ1n) is 9.62. The molecule has 0 aliphatic carbocycles. The number of ketones is 1. The second-order valence-corrected chi connectivity index (χ2v) is 8.72. The van der Waals surface area contributed by atoms with Crippen LogP contribution >= 0.6 is 0 Å². The Labute approximate surface area is 151 Å². The summed E-state index contributed by atoms with van der Waals surface area (Å²) in [6.45, 7) is 13.0. The molecule has 0 aromatic heterocycles. The summed E-state index contributed by atoms with van der Waals surface area (Å²) in [5.74, 6) is 0.320. The molecule has 0 saturated carbocycles. The van der Waals surface area contributed by atoms with Gasteiger partial charge in [0.1, 0.15) is 5.78 Å². The van der Waals surface area contributed by atoms with E-state index in [1.807, 2.05) is 0 Å². The molecule has 0 rings (SSSR count). The molecule has 138 valence electrons. The lowest BCUT2D eigenvalue weighted by molar-refractivity contribution is -0.117. The normalized spacial score (nSPS) is 13.6. The number of carbonyl (C=O) groups is 1. The lowest BCUT2D eigenvalue weighted by Crippen LogP contribution is -2.06. The Bertz CT molecular complexity index is 416. The molecule has 0 fully saturated rings. The predicted molar refractivity (Wildman–Crippen MR) is 108 cm³/mol. The van der Waals surface area contributed by atoms with Gasteiger partial charge in [-0.15, -0.1) is 0 Å². The van der Waals surface area contributed by atoms with Gasteiger partial charge >= 0.3 is 0 Å². The lowest BCUT2D eigenvalue weighted by Gasteiger charge is -2.19. The Morgan fingerprint density at radius 1 is 0.750 bits per heavy atom. The van der Waals surface area contributed by atoms with Gasteiger partial charge in [0.25, 0.3) is 0 Å². The largest absolute Gasteiger partial charge is 0.300 e. The molecule has 0 amide bonds. The van der Waals surface area contributed by atoms with Gasteiger partial charge in [-0.3, -0.25) is 0 Å². The van der Waals surface area contributed by atoms with Crippen molar-refractivity contribution < 1.29 is 4.79 Å². The van der Waals surface area contributed by atoms with Crippen molar-refractivity contribution in [3.63, 3.8) is 0 Å². The van der Waals surface area contributed by atoms with Gasteiger partial charge in [0.05, 0.1) is 0 Å². The molecule has 0 radical (unpaired) electrons. The number of Topliss-reactive ketones (excluding diaryl/α,β-unsaturated/α-hetero) is 1. The van der Waals surface area contributed by atoms with Crippen molar-refractivity contribution >= 4 is 5.78 Å². The zero-order chi connectivity index (χ0) is 18.5. The third kappa shape index (κ3) is 17.2. The van der Waals surface area contributed by atoms with E-state index in [9.17, 15) is 4.79 Å². The van der Waals surface area contributed by atoms with E-state index in [1.54, 1.807) is 6.92 Å². The minimum Gasteiger partial charge on any atom is -0.300 e. The van der Waals surface area contributed by atoms with E-state index in [0.29, 0.717) is 5.78 Å². The highest BCUT2D eigenvalue weighted by Crippen LogP contribution is 2.26. The number of unbranched alkanes of at least 4 members (excludes halogenated alkanes) is 3. The fourth-order valence-electron chi connectivity index (χ4n) is 2.55. The quantitative estimate of drug-likeness (QED) is 0.268. The molecule has 0 N–H and O–H groups in total. The Hall–Kier alpha value is -1.11. The van der Waals surface area contributed by atoms with Crippen LogP contribution in [0.4, 0.5) is 0 Å². The number of hydrogen-bond acceptors (Lipinski definition) is 1. The summed E-state index contributed by atoms with van der Waals surface area (Å²) < 4.78 is 0. The van der Waals surface area contributed by atoms with Crippen molar-refractivity contribution in [2.75, 3.05) is 0 Å². The fraction of sp³-hybridized carbons (Fsp3) is 0.696. The maximum atomic E-state index is 10.9. The van der Waals surface area contributed by atoms with Gasteiger partial charge in [0, 0.05) is 6.42 Å². The van der Waals surface area contributed by atoms with Crippen LogP contribution in [0.15, 0.2) is 36.5 Å². The number of hydrogen-bond donors (Lipinski definition) is 0. The van der Waals surface area contributed by atoms with E-state index in [1.165, 1.54) is 25.7 Å². The van der Waals surface area contributed by atoms with E-state index in [-0.39, 0.29) is 10.8 Å². The fourth-order valence-corrected chi connectivity index (χ4v) is 2.55. The number of allylic oxidation sites excluding steroid dienone is 6. The third-order valence-electron chi connectivity index (χ3n) is 4.00. The second kappa shape index (κ2) is 12.3. The zero-order valence-electron chi connectivity index (χ0n) is 17.0. The molecule has 0 heterocycles. The van der Waals surface area contributed by atoms with Gasteiger partial charge < -0.3 is 4.79 Å². The van der Waals surface area contributed by atoms with Crippen LogP contribution in [0, 0.1) is 10.8 Å². The average Bonchev–Trinajstić information content (AvgIpc) is 2.44. The highest BCUT2D eigenvalue weighted by atomic mass is 16.1. The molecule has 0 aromatic carbocycles. The minimum absolute atomic E-state index is 0.278. The molecular weight excluding hydrogens is 292 g/mol. The van der Waals surface area contributed by atoms with Gasteiger partial charge in [-0.05, 0) is 43.4 Å². The molecule has 0 atom stereocenters. The van der Waals surface area contributed by atoms with Gasteiger partial charge in [0.15, 0.2) is 0 Å². The van der Waals surface area contributed by atoms with Gasteiger partial charge in [0.2, 0.25) is 0 Å². The zero-order valence-corrected chi connectivity index (χ0v) is 17.0. The molecule has 0 saturated heterocycles. The highest BCUT2D eigenvalue weighted by Gasteiger charge is 2.12. The van der Waals surface area contributed by atoms with Crippen molar-refractivity contribution in [1.29, 1.82) is 0 Å². The van der Waals surface area contributed by atoms with E-state index in [4.69, 9.17) is 0 Å². The van der Waals surface area contributed by atoms with Crippen molar-refractivity contribution in [3.05, 3.63) is 36.5 Å². The third-order valence-corrected chi connectivity index (χ3v) is 4.00. The van der Waals surface area contributed by atoms with Crippen LogP contribution in [0.25, 0.3) is 0 Å². The van der Waals surface area contributed by atoms with Crippen LogP contribution in [-0.4, -0.2) is 5.78 Å². The lowest BCUT2D eigenvalue weighted by atomic mass is 9.86. The predicted octanol–water partition coefficient (Wildman–Crippen LogP) is 7.44. The van der Waals surface area contributed by atoms with Gasteiger partial charge in [-0.2, -0.15) is 0 Å². The molecule has 1 heteroatoms. The monoisotopic (exact) mass is 332 g/mol. The first-order valence-corrected chi connectivity index (χ1v) is 9.62. The highest BCUT2D eigenvalue weighted by molar-refractivity contribution is 5.75. The SMILES string of the molecule is CC(=O)CCCCCCC(C)(C)/C=C\C/C=C\C/C=C\C(C)(C)C. The van der Waals surface area contributed by atoms with E-state index < -0.39 is 0 Å². The maximum Gasteiger partial charge on any atom is 0.129 e.